The van der Waals surface area contributed by atoms with E-state index < -0.39 is 28.4 Å². The Bertz CT molecular complexity index is 1460. The van der Waals surface area contributed by atoms with Gasteiger partial charge in [-0.05, 0) is 39.9 Å². The first-order valence-electron chi connectivity index (χ1n) is 12.0. The van der Waals surface area contributed by atoms with Gasteiger partial charge in [-0.15, -0.1) is 0 Å². The Kier molecular flexibility index (Phi) is 6.72. The van der Waals surface area contributed by atoms with E-state index in [1.54, 1.807) is 0 Å². The lowest BCUT2D eigenvalue weighted by Crippen LogP contribution is -2.54. The summed E-state index contributed by atoms with van der Waals surface area (Å²) in [7, 11) is 1.28. The van der Waals surface area contributed by atoms with Crippen molar-refractivity contribution in [2.24, 2.45) is 0 Å². The SMILES string of the molecule is COC(=O)[C@H](COC(=O)c1ccc([N+](=O)[O-])cc1)NC1(c2ccccc2)c2ccccc2-c2ccccc21. The number of esters is 2. The lowest BCUT2D eigenvalue weighted by molar-refractivity contribution is -0.384. The molecule has 8 heteroatoms. The third-order valence-corrected chi connectivity index (χ3v) is 6.73. The molecule has 1 atom stereocenters. The van der Waals surface area contributed by atoms with Crippen molar-refractivity contribution in [3.05, 3.63) is 135 Å². The Labute approximate surface area is 219 Å². The largest absolute Gasteiger partial charge is 0.468 e. The third kappa shape index (κ3) is 4.31. The van der Waals surface area contributed by atoms with Gasteiger partial charge in [-0.2, -0.15) is 0 Å². The number of carbonyl (C=O) groups excluding carboxylic acids is 2. The molecule has 0 saturated carbocycles. The lowest BCUT2D eigenvalue weighted by Gasteiger charge is -2.36. The molecular formula is C30H24N2O6. The molecule has 0 radical (unpaired) electrons. The Morgan fingerprint density at radius 1 is 0.842 bits per heavy atom. The molecule has 0 heterocycles. The van der Waals surface area contributed by atoms with Crippen LogP contribution in [0.5, 0.6) is 0 Å². The fourth-order valence-corrected chi connectivity index (χ4v) is 5.01. The Morgan fingerprint density at radius 2 is 1.39 bits per heavy atom. The number of carbonyl (C=O) groups is 2. The minimum Gasteiger partial charge on any atom is -0.468 e. The molecule has 1 aliphatic carbocycles. The molecule has 0 aromatic heterocycles. The first-order chi connectivity index (χ1) is 18.5. The van der Waals surface area contributed by atoms with Gasteiger partial charge >= 0.3 is 11.9 Å². The van der Waals surface area contributed by atoms with Crippen LogP contribution < -0.4 is 5.32 Å². The van der Waals surface area contributed by atoms with E-state index in [4.69, 9.17) is 9.47 Å². The van der Waals surface area contributed by atoms with Crippen molar-refractivity contribution in [2.75, 3.05) is 13.7 Å². The second kappa shape index (κ2) is 10.3. The van der Waals surface area contributed by atoms with Gasteiger partial charge in [0, 0.05) is 12.1 Å². The average molecular weight is 509 g/mol. The topological polar surface area (TPSA) is 108 Å². The summed E-state index contributed by atoms with van der Waals surface area (Å²) in [5.74, 6) is -1.31. The number of methoxy groups -OCH3 is 1. The van der Waals surface area contributed by atoms with Crippen molar-refractivity contribution >= 4 is 17.6 Å². The summed E-state index contributed by atoms with van der Waals surface area (Å²) < 4.78 is 10.6. The van der Waals surface area contributed by atoms with Crippen molar-refractivity contribution in [2.45, 2.75) is 11.6 Å². The molecule has 0 fully saturated rings. The zero-order valence-corrected chi connectivity index (χ0v) is 20.5. The maximum atomic E-state index is 13.0. The highest BCUT2D eigenvalue weighted by Gasteiger charge is 2.47. The van der Waals surface area contributed by atoms with Crippen LogP contribution in [0.25, 0.3) is 11.1 Å². The van der Waals surface area contributed by atoms with Crippen molar-refractivity contribution in [3.63, 3.8) is 0 Å². The van der Waals surface area contributed by atoms with E-state index in [0.717, 1.165) is 27.8 Å². The third-order valence-electron chi connectivity index (χ3n) is 6.73. The zero-order valence-electron chi connectivity index (χ0n) is 20.5. The molecule has 4 aromatic carbocycles. The van der Waals surface area contributed by atoms with Crippen LogP contribution in [0.3, 0.4) is 0 Å². The van der Waals surface area contributed by atoms with E-state index in [2.05, 4.69) is 5.32 Å². The smallest absolute Gasteiger partial charge is 0.338 e. The minimum absolute atomic E-state index is 0.133. The number of fused-ring (bicyclic) bond motifs is 3. The summed E-state index contributed by atoms with van der Waals surface area (Å²) in [5, 5.41) is 14.4. The van der Waals surface area contributed by atoms with Gasteiger partial charge in [0.2, 0.25) is 0 Å². The minimum atomic E-state index is -1.03. The molecule has 0 bridgehead atoms. The molecule has 0 unspecified atom stereocenters. The van der Waals surface area contributed by atoms with Crippen LogP contribution in [0.2, 0.25) is 0 Å². The molecule has 1 aliphatic rings. The number of non-ortho nitro benzene ring substituents is 1. The summed E-state index contributed by atoms with van der Waals surface area (Å²) in [6, 6.07) is 29.8. The summed E-state index contributed by atoms with van der Waals surface area (Å²) in [4.78, 5) is 36.1. The molecule has 1 N–H and O–H groups in total. The Hall–Kier alpha value is -4.82. The number of rotatable bonds is 8. The van der Waals surface area contributed by atoms with Crippen LogP contribution in [-0.4, -0.2) is 36.6 Å². The van der Waals surface area contributed by atoms with Gasteiger partial charge in [-0.1, -0.05) is 78.9 Å². The van der Waals surface area contributed by atoms with Crippen LogP contribution >= 0.6 is 0 Å². The standard InChI is InChI=1S/C30H24N2O6/c1-37-29(34)27(19-38-28(33)20-15-17-22(18-16-20)32(35)36)31-30(21-9-3-2-4-10-21)25-13-7-5-11-23(25)24-12-6-8-14-26(24)30/h2-18,27,31H,19H2,1H3/t27-/m0/s1. The van der Waals surface area contributed by atoms with E-state index in [9.17, 15) is 19.7 Å². The first kappa shape index (κ1) is 24.9. The van der Waals surface area contributed by atoms with Gasteiger partial charge in [0.05, 0.1) is 23.1 Å². The fraction of sp³-hybridized carbons (Fsp3) is 0.133. The van der Waals surface area contributed by atoms with E-state index in [0.29, 0.717) is 0 Å². The van der Waals surface area contributed by atoms with Crippen LogP contribution in [-0.2, 0) is 19.8 Å². The van der Waals surface area contributed by atoms with E-state index in [-0.39, 0.29) is 17.9 Å². The van der Waals surface area contributed by atoms with Crippen LogP contribution in [0.1, 0.15) is 27.0 Å². The number of nitrogens with zero attached hydrogens (tertiary/aromatic N) is 1. The quantitative estimate of drug-likeness (QED) is 0.206. The molecule has 0 spiro atoms. The summed E-state index contributed by atoms with van der Waals surface area (Å²) >= 11 is 0. The average Bonchev–Trinajstić information content (AvgIpc) is 3.25. The van der Waals surface area contributed by atoms with Crippen LogP contribution in [0, 0.1) is 10.1 Å². The number of nitro benzene ring substituents is 1. The first-order valence-corrected chi connectivity index (χ1v) is 12.0. The Morgan fingerprint density at radius 3 is 1.95 bits per heavy atom. The number of hydrogen-bond acceptors (Lipinski definition) is 7. The molecule has 0 aliphatic heterocycles. The fourth-order valence-electron chi connectivity index (χ4n) is 5.01. The summed E-state index contributed by atoms with van der Waals surface area (Å²) in [5.41, 5.74) is 3.97. The Balaban J connectivity index is 1.52. The molecule has 0 amide bonds. The molecule has 4 aromatic rings. The molecule has 0 saturated heterocycles. The molecule has 38 heavy (non-hydrogen) atoms. The van der Waals surface area contributed by atoms with Gasteiger partial charge in [0.1, 0.15) is 12.6 Å². The van der Waals surface area contributed by atoms with E-state index >= 15 is 0 Å². The highest BCUT2D eigenvalue weighted by Crippen LogP contribution is 2.51. The number of ether oxygens (including phenoxy) is 2. The second-order valence-electron chi connectivity index (χ2n) is 8.83. The lowest BCUT2D eigenvalue weighted by atomic mass is 9.80. The summed E-state index contributed by atoms with van der Waals surface area (Å²) in [6.45, 7) is -0.318. The molecule has 5 rings (SSSR count). The van der Waals surface area contributed by atoms with Gasteiger partial charge in [0.25, 0.3) is 5.69 Å². The monoisotopic (exact) mass is 508 g/mol. The van der Waals surface area contributed by atoms with Gasteiger partial charge in [-0.25, -0.2) is 4.79 Å². The number of nitro groups is 1. The normalized spacial score (nSPS) is 13.6. The summed E-state index contributed by atoms with van der Waals surface area (Å²) in [6.07, 6.45) is 0. The maximum Gasteiger partial charge on any atom is 0.338 e. The molecular weight excluding hydrogens is 484 g/mol. The highest BCUT2D eigenvalue weighted by atomic mass is 16.6. The predicted octanol–water partition coefficient (Wildman–Crippen LogP) is 4.86. The zero-order chi connectivity index (χ0) is 26.7. The van der Waals surface area contributed by atoms with Gasteiger partial charge < -0.3 is 9.47 Å². The number of nitrogens with one attached hydrogen (secondary N) is 1. The predicted molar refractivity (Wildman–Crippen MR) is 141 cm³/mol. The van der Waals surface area contributed by atoms with Crippen molar-refractivity contribution in [3.8, 4) is 11.1 Å². The highest BCUT2D eigenvalue weighted by molar-refractivity contribution is 5.90. The number of hydrogen-bond donors (Lipinski definition) is 1. The van der Waals surface area contributed by atoms with Gasteiger partial charge in [-0.3, -0.25) is 20.2 Å². The molecule has 8 nitrogen and oxygen atoms in total. The van der Waals surface area contributed by atoms with Crippen molar-refractivity contribution < 1.29 is 24.0 Å². The van der Waals surface area contributed by atoms with Crippen molar-refractivity contribution in [1.82, 2.24) is 5.32 Å². The molecule has 190 valence electrons. The number of benzene rings is 4. The van der Waals surface area contributed by atoms with Crippen molar-refractivity contribution in [1.29, 1.82) is 0 Å². The van der Waals surface area contributed by atoms with Crippen LogP contribution in [0.4, 0.5) is 5.69 Å². The van der Waals surface area contributed by atoms with E-state index in [1.807, 2.05) is 78.9 Å². The van der Waals surface area contributed by atoms with Crippen LogP contribution in [0.15, 0.2) is 103 Å². The van der Waals surface area contributed by atoms with Gasteiger partial charge in [0.15, 0.2) is 0 Å². The second-order valence-corrected chi connectivity index (χ2v) is 8.83. The maximum absolute atomic E-state index is 13.0. The van der Waals surface area contributed by atoms with E-state index in [1.165, 1.54) is 31.4 Å².